The van der Waals surface area contributed by atoms with E-state index in [1.165, 1.54) is 6.92 Å². The number of carbonyl (C=O) groups excluding carboxylic acids is 2. The number of carbonyl (C=O) groups is 3. The molecule has 144 valence electrons. The minimum Gasteiger partial charge on any atom is -0.480 e. The molecular formula is C17H20F3NO5. The summed E-state index contributed by atoms with van der Waals surface area (Å²) in [6.07, 6.45) is -4.92. The van der Waals surface area contributed by atoms with E-state index in [1.807, 2.05) is 0 Å². The molecule has 0 aliphatic heterocycles. The van der Waals surface area contributed by atoms with E-state index >= 15 is 0 Å². The van der Waals surface area contributed by atoms with E-state index < -0.39 is 41.5 Å². The lowest BCUT2D eigenvalue weighted by Crippen LogP contribution is -2.43. The third-order valence-corrected chi connectivity index (χ3v) is 3.56. The highest BCUT2D eigenvalue weighted by molar-refractivity contribution is 5.85. The van der Waals surface area contributed by atoms with Crippen LogP contribution in [0.4, 0.5) is 13.2 Å². The van der Waals surface area contributed by atoms with Crippen molar-refractivity contribution in [3.8, 4) is 0 Å². The van der Waals surface area contributed by atoms with Crippen molar-refractivity contribution in [3.63, 3.8) is 0 Å². The van der Waals surface area contributed by atoms with Crippen LogP contribution < -0.4 is 5.32 Å². The molecule has 0 heterocycles. The van der Waals surface area contributed by atoms with Crippen LogP contribution in [0.2, 0.25) is 0 Å². The molecule has 2 N–H and O–H groups in total. The van der Waals surface area contributed by atoms with Crippen LogP contribution in [0.3, 0.4) is 0 Å². The fourth-order valence-corrected chi connectivity index (χ4v) is 2.20. The van der Waals surface area contributed by atoms with E-state index in [4.69, 9.17) is 4.74 Å². The molecule has 0 radical (unpaired) electrons. The molecular weight excluding hydrogens is 355 g/mol. The van der Waals surface area contributed by atoms with Crippen molar-refractivity contribution in [2.24, 2.45) is 5.92 Å². The summed E-state index contributed by atoms with van der Waals surface area (Å²) < 4.78 is 42.3. The van der Waals surface area contributed by atoms with Gasteiger partial charge in [-0.1, -0.05) is 19.1 Å². The van der Waals surface area contributed by atoms with Gasteiger partial charge >= 0.3 is 18.1 Å². The summed E-state index contributed by atoms with van der Waals surface area (Å²) in [7, 11) is 0. The summed E-state index contributed by atoms with van der Waals surface area (Å²) in [4.78, 5) is 34.8. The largest absolute Gasteiger partial charge is 0.480 e. The summed E-state index contributed by atoms with van der Waals surface area (Å²) in [5, 5.41) is 11.5. The SMILES string of the molecule is CCOC(=O)[C@@H](C)C[C@H](NC(=O)Cc1ccc(C(F)(F)F)cc1)C(=O)O. The van der Waals surface area contributed by atoms with Gasteiger partial charge in [0.15, 0.2) is 0 Å². The minimum absolute atomic E-state index is 0.154. The first kappa shape index (κ1) is 21.5. The van der Waals surface area contributed by atoms with Crippen LogP contribution in [0.1, 0.15) is 31.4 Å². The molecule has 0 saturated heterocycles. The second-order valence-corrected chi connectivity index (χ2v) is 5.72. The van der Waals surface area contributed by atoms with Gasteiger partial charge < -0.3 is 15.2 Å². The van der Waals surface area contributed by atoms with Gasteiger partial charge in [-0.2, -0.15) is 13.2 Å². The molecule has 9 heteroatoms. The average Bonchev–Trinajstić information content (AvgIpc) is 2.53. The van der Waals surface area contributed by atoms with Crippen LogP contribution in [-0.4, -0.2) is 35.6 Å². The zero-order valence-corrected chi connectivity index (χ0v) is 14.3. The molecule has 0 bridgehead atoms. The molecule has 1 amide bonds. The zero-order chi connectivity index (χ0) is 19.9. The first-order valence-corrected chi connectivity index (χ1v) is 7.89. The second-order valence-electron chi connectivity index (χ2n) is 5.72. The molecule has 1 aromatic rings. The maximum absolute atomic E-state index is 12.5. The number of rotatable bonds is 8. The molecule has 6 nitrogen and oxygen atoms in total. The number of nitrogens with one attached hydrogen (secondary N) is 1. The topological polar surface area (TPSA) is 92.7 Å². The highest BCUT2D eigenvalue weighted by Gasteiger charge is 2.30. The van der Waals surface area contributed by atoms with E-state index in [9.17, 15) is 32.7 Å². The summed E-state index contributed by atoms with van der Waals surface area (Å²) in [6.45, 7) is 3.25. The van der Waals surface area contributed by atoms with E-state index in [-0.39, 0.29) is 19.4 Å². The maximum atomic E-state index is 12.5. The van der Waals surface area contributed by atoms with Crippen molar-refractivity contribution < 1.29 is 37.4 Å². The number of hydrogen-bond acceptors (Lipinski definition) is 4. The lowest BCUT2D eigenvalue weighted by atomic mass is 10.0. The van der Waals surface area contributed by atoms with Gasteiger partial charge in [-0.05, 0) is 31.0 Å². The first-order chi connectivity index (χ1) is 12.0. The van der Waals surface area contributed by atoms with E-state index in [0.29, 0.717) is 5.56 Å². The summed E-state index contributed by atoms with van der Waals surface area (Å²) >= 11 is 0. The van der Waals surface area contributed by atoms with Gasteiger partial charge in [0.1, 0.15) is 6.04 Å². The van der Waals surface area contributed by atoms with Crippen molar-refractivity contribution in [3.05, 3.63) is 35.4 Å². The van der Waals surface area contributed by atoms with E-state index in [2.05, 4.69) is 5.32 Å². The summed E-state index contributed by atoms with van der Waals surface area (Å²) in [5.74, 6) is -3.30. The van der Waals surface area contributed by atoms with Crippen molar-refractivity contribution in [1.29, 1.82) is 0 Å². The third kappa shape index (κ3) is 6.73. The lowest BCUT2D eigenvalue weighted by Gasteiger charge is -2.18. The van der Waals surface area contributed by atoms with Crippen LogP contribution in [0.25, 0.3) is 0 Å². The minimum atomic E-state index is -4.47. The monoisotopic (exact) mass is 375 g/mol. The van der Waals surface area contributed by atoms with Gasteiger partial charge in [0.2, 0.25) is 5.91 Å². The van der Waals surface area contributed by atoms with E-state index in [0.717, 1.165) is 24.3 Å². The Labute approximate surface area is 148 Å². The molecule has 1 aromatic carbocycles. The quantitative estimate of drug-likeness (QED) is 0.681. The number of alkyl halides is 3. The predicted octanol–water partition coefficient (Wildman–Crippen LogP) is 2.41. The Morgan fingerprint density at radius 2 is 1.77 bits per heavy atom. The number of carboxylic acid groups (broad SMARTS) is 1. The molecule has 0 fully saturated rings. The van der Waals surface area contributed by atoms with Crippen LogP contribution in [-0.2, 0) is 31.7 Å². The molecule has 0 saturated carbocycles. The number of amides is 1. The molecule has 26 heavy (non-hydrogen) atoms. The molecule has 1 rings (SSSR count). The van der Waals surface area contributed by atoms with Crippen LogP contribution in [0.15, 0.2) is 24.3 Å². The van der Waals surface area contributed by atoms with Crippen molar-refractivity contribution >= 4 is 17.8 Å². The van der Waals surface area contributed by atoms with Crippen molar-refractivity contribution in [1.82, 2.24) is 5.32 Å². The van der Waals surface area contributed by atoms with Crippen LogP contribution in [0, 0.1) is 5.92 Å². The standard InChI is InChI=1S/C17H20F3NO5/c1-3-26-16(25)10(2)8-13(15(23)24)21-14(22)9-11-4-6-12(7-5-11)17(18,19)20/h4-7,10,13H,3,8-9H2,1-2H3,(H,21,22)(H,23,24)/t10-,13-/m0/s1. The molecule has 0 aliphatic carbocycles. The highest BCUT2D eigenvalue weighted by Crippen LogP contribution is 2.29. The summed E-state index contributed by atoms with van der Waals surface area (Å²) in [6, 6.07) is 2.69. The van der Waals surface area contributed by atoms with Gasteiger partial charge in [0.25, 0.3) is 0 Å². The molecule has 0 aromatic heterocycles. The van der Waals surface area contributed by atoms with Crippen LogP contribution >= 0.6 is 0 Å². The zero-order valence-electron chi connectivity index (χ0n) is 14.3. The Bertz CT molecular complexity index is 643. The fourth-order valence-electron chi connectivity index (χ4n) is 2.20. The number of aliphatic carboxylic acids is 1. The van der Waals surface area contributed by atoms with Crippen LogP contribution in [0.5, 0.6) is 0 Å². The number of ether oxygens (including phenoxy) is 1. The third-order valence-electron chi connectivity index (χ3n) is 3.56. The average molecular weight is 375 g/mol. The number of halogens is 3. The first-order valence-electron chi connectivity index (χ1n) is 7.89. The number of benzene rings is 1. The van der Waals surface area contributed by atoms with Gasteiger partial charge in [-0.25, -0.2) is 4.79 Å². The highest BCUT2D eigenvalue weighted by atomic mass is 19.4. The number of esters is 1. The normalized spacial score (nSPS) is 13.6. The lowest BCUT2D eigenvalue weighted by molar-refractivity contribution is -0.149. The molecule has 0 spiro atoms. The van der Waals surface area contributed by atoms with Crippen molar-refractivity contribution in [2.45, 2.75) is 38.9 Å². The van der Waals surface area contributed by atoms with Crippen molar-refractivity contribution in [2.75, 3.05) is 6.61 Å². The van der Waals surface area contributed by atoms with Gasteiger partial charge in [-0.3, -0.25) is 9.59 Å². The van der Waals surface area contributed by atoms with Gasteiger partial charge in [-0.15, -0.1) is 0 Å². The number of hydrogen-bond donors (Lipinski definition) is 2. The molecule has 0 aliphatic rings. The Morgan fingerprint density at radius 3 is 2.23 bits per heavy atom. The summed E-state index contributed by atoms with van der Waals surface area (Å²) in [5.41, 5.74) is -0.536. The smallest absolute Gasteiger partial charge is 0.416 e. The number of carboxylic acids is 1. The Balaban J connectivity index is 2.67. The molecule has 0 unspecified atom stereocenters. The van der Waals surface area contributed by atoms with Gasteiger partial charge in [0.05, 0.1) is 24.5 Å². The van der Waals surface area contributed by atoms with E-state index in [1.54, 1.807) is 6.92 Å². The van der Waals surface area contributed by atoms with Gasteiger partial charge in [0, 0.05) is 0 Å². The predicted molar refractivity (Wildman–Crippen MR) is 85.1 cm³/mol. The fraction of sp³-hybridized carbons (Fsp3) is 0.471. The Morgan fingerprint density at radius 1 is 1.19 bits per heavy atom. The maximum Gasteiger partial charge on any atom is 0.416 e. The second kappa shape index (κ2) is 9.21. The molecule has 2 atom stereocenters. The Kier molecular flexibility index (Phi) is 7.60. The Hall–Kier alpha value is -2.58.